The van der Waals surface area contributed by atoms with Crippen molar-refractivity contribution in [1.29, 1.82) is 5.26 Å². The summed E-state index contributed by atoms with van der Waals surface area (Å²) in [5, 5.41) is 11.2. The molecule has 0 radical (unpaired) electrons. The molecule has 1 atom stereocenters. The van der Waals surface area contributed by atoms with E-state index in [2.05, 4.69) is 17.6 Å². The summed E-state index contributed by atoms with van der Waals surface area (Å²) in [4.78, 5) is 0. The van der Waals surface area contributed by atoms with Crippen molar-refractivity contribution in [3.63, 3.8) is 0 Å². The molecule has 1 aromatic heterocycles. The van der Waals surface area contributed by atoms with Crippen LogP contribution in [0, 0.1) is 11.3 Å². The minimum atomic E-state index is -0.436. The molecular formula is C19H18ClN3. The average Bonchev–Trinajstić information content (AvgIpc) is 2.99. The zero-order chi connectivity index (χ0) is 16.4. The lowest BCUT2D eigenvalue weighted by molar-refractivity contribution is 0.359. The van der Waals surface area contributed by atoms with E-state index in [4.69, 9.17) is 17.3 Å². The lowest BCUT2D eigenvalue weighted by Gasteiger charge is -2.34. The number of rotatable bonds is 4. The van der Waals surface area contributed by atoms with E-state index < -0.39 is 5.54 Å². The Morgan fingerprint density at radius 2 is 1.91 bits per heavy atom. The first kappa shape index (κ1) is 15.5. The highest BCUT2D eigenvalue weighted by Gasteiger charge is 2.33. The number of halogens is 1. The van der Waals surface area contributed by atoms with Crippen LogP contribution in [0.4, 0.5) is 5.69 Å². The Morgan fingerprint density at radius 3 is 2.57 bits per heavy atom. The molecular weight excluding hydrogens is 306 g/mol. The molecule has 0 aliphatic heterocycles. The van der Waals surface area contributed by atoms with Crippen LogP contribution in [0.25, 0.3) is 10.9 Å². The number of nitrogens with zero attached hydrogens (tertiary/aromatic N) is 2. The fourth-order valence-corrected chi connectivity index (χ4v) is 3.41. The second-order valence-electron chi connectivity index (χ2n) is 5.69. The number of hydrogen-bond donors (Lipinski definition) is 1. The third-order valence-electron chi connectivity index (χ3n) is 4.57. The molecule has 2 N–H and O–H groups in total. The minimum absolute atomic E-state index is 0.379. The third-order valence-corrected chi connectivity index (χ3v) is 4.82. The van der Waals surface area contributed by atoms with E-state index in [9.17, 15) is 5.26 Å². The van der Waals surface area contributed by atoms with Crippen LogP contribution in [0.15, 0.2) is 54.7 Å². The van der Waals surface area contributed by atoms with Crippen molar-refractivity contribution in [2.75, 3.05) is 5.73 Å². The van der Waals surface area contributed by atoms with Gasteiger partial charge in [0, 0.05) is 22.3 Å². The van der Waals surface area contributed by atoms with E-state index in [1.165, 1.54) is 0 Å². The monoisotopic (exact) mass is 323 g/mol. The maximum atomic E-state index is 9.46. The van der Waals surface area contributed by atoms with Crippen LogP contribution in [0.5, 0.6) is 0 Å². The largest absolute Gasteiger partial charge is 0.398 e. The van der Waals surface area contributed by atoms with Gasteiger partial charge < -0.3 is 10.3 Å². The van der Waals surface area contributed by atoms with E-state index in [-0.39, 0.29) is 0 Å². The predicted molar refractivity (Wildman–Crippen MR) is 95.4 cm³/mol. The van der Waals surface area contributed by atoms with Gasteiger partial charge in [0.15, 0.2) is 0 Å². The molecule has 2 aromatic carbocycles. The van der Waals surface area contributed by atoms with E-state index in [1.807, 2.05) is 54.7 Å². The summed E-state index contributed by atoms with van der Waals surface area (Å²) >= 11 is 6.03. The van der Waals surface area contributed by atoms with Gasteiger partial charge in [-0.05, 0) is 42.3 Å². The molecule has 3 rings (SSSR count). The summed E-state index contributed by atoms with van der Waals surface area (Å²) in [6.45, 7) is 2.10. The van der Waals surface area contributed by atoms with Crippen LogP contribution in [0.3, 0.4) is 0 Å². The molecule has 0 aliphatic carbocycles. The fourth-order valence-electron chi connectivity index (χ4n) is 3.28. The quantitative estimate of drug-likeness (QED) is 0.691. The maximum Gasteiger partial charge on any atom is 0.0823 e. The second-order valence-corrected chi connectivity index (χ2v) is 6.13. The van der Waals surface area contributed by atoms with Crippen LogP contribution in [-0.2, 0) is 5.54 Å². The number of fused-ring (bicyclic) bond motifs is 1. The van der Waals surface area contributed by atoms with Gasteiger partial charge in [0.05, 0.1) is 23.5 Å². The molecule has 3 nitrogen and oxygen atoms in total. The van der Waals surface area contributed by atoms with Crippen LogP contribution in [-0.4, -0.2) is 4.57 Å². The van der Waals surface area contributed by atoms with Crippen molar-refractivity contribution in [3.8, 4) is 6.07 Å². The van der Waals surface area contributed by atoms with Crippen molar-refractivity contribution in [2.24, 2.45) is 0 Å². The van der Waals surface area contributed by atoms with E-state index in [1.54, 1.807) is 0 Å². The molecule has 0 spiro atoms. The van der Waals surface area contributed by atoms with Gasteiger partial charge in [0.2, 0.25) is 0 Å². The Kier molecular flexibility index (Phi) is 4.02. The Balaban J connectivity index is 2.28. The zero-order valence-electron chi connectivity index (χ0n) is 13.0. The van der Waals surface area contributed by atoms with Gasteiger partial charge in [0.25, 0.3) is 0 Å². The summed E-state index contributed by atoms with van der Waals surface area (Å²) in [7, 11) is 0. The highest BCUT2D eigenvalue weighted by Crippen LogP contribution is 2.38. The van der Waals surface area contributed by atoms with Gasteiger partial charge in [0.1, 0.15) is 0 Å². The first-order valence-corrected chi connectivity index (χ1v) is 7.99. The van der Waals surface area contributed by atoms with Gasteiger partial charge in [-0.3, -0.25) is 0 Å². The second kappa shape index (κ2) is 5.98. The predicted octanol–water partition coefficient (Wildman–Crippen LogP) is 4.94. The van der Waals surface area contributed by atoms with Crippen LogP contribution >= 0.6 is 11.6 Å². The van der Waals surface area contributed by atoms with Crippen molar-refractivity contribution in [2.45, 2.75) is 25.3 Å². The van der Waals surface area contributed by atoms with Crippen LogP contribution in [0.2, 0.25) is 5.02 Å². The maximum absolute atomic E-state index is 9.46. The molecule has 1 unspecified atom stereocenters. The normalized spacial score (nSPS) is 13.6. The van der Waals surface area contributed by atoms with Gasteiger partial charge in [-0.1, -0.05) is 36.7 Å². The lowest BCUT2D eigenvalue weighted by atomic mass is 9.84. The van der Waals surface area contributed by atoms with Crippen molar-refractivity contribution in [1.82, 2.24) is 4.57 Å². The molecule has 4 heteroatoms. The van der Waals surface area contributed by atoms with Gasteiger partial charge in [-0.25, -0.2) is 0 Å². The van der Waals surface area contributed by atoms with Crippen molar-refractivity contribution >= 4 is 28.2 Å². The van der Waals surface area contributed by atoms with E-state index >= 15 is 0 Å². The number of nitriles is 1. The molecule has 0 saturated heterocycles. The highest BCUT2D eigenvalue weighted by molar-refractivity contribution is 6.30. The standard InChI is InChI=1S/C19H18ClN3/c1-2-19(11-12-21,14-6-8-15(20)9-7-14)23-13-10-16-17(22)4-3-5-18(16)23/h3-10,13H,2,11,22H2,1H3. The van der Waals surface area contributed by atoms with Gasteiger partial charge in [-0.15, -0.1) is 0 Å². The Morgan fingerprint density at radius 1 is 1.17 bits per heavy atom. The Bertz CT molecular complexity index is 874. The average molecular weight is 324 g/mol. The van der Waals surface area contributed by atoms with Crippen molar-refractivity contribution < 1.29 is 0 Å². The lowest BCUT2D eigenvalue weighted by Crippen LogP contribution is -2.33. The molecule has 0 fully saturated rings. The fraction of sp³-hybridized carbons (Fsp3) is 0.211. The summed E-state index contributed by atoms with van der Waals surface area (Å²) < 4.78 is 2.17. The minimum Gasteiger partial charge on any atom is -0.398 e. The molecule has 3 aromatic rings. The first-order chi connectivity index (χ1) is 11.1. The number of nitrogens with two attached hydrogens (primary N) is 1. The first-order valence-electron chi connectivity index (χ1n) is 7.61. The SMILES string of the molecule is CCC(CC#N)(c1ccc(Cl)cc1)n1ccc2c(N)cccc21. The van der Waals surface area contributed by atoms with Gasteiger partial charge >= 0.3 is 0 Å². The number of hydrogen-bond acceptors (Lipinski definition) is 2. The number of benzene rings is 2. The molecule has 0 saturated carbocycles. The highest BCUT2D eigenvalue weighted by atomic mass is 35.5. The topological polar surface area (TPSA) is 54.7 Å². The zero-order valence-corrected chi connectivity index (χ0v) is 13.7. The molecule has 0 bridgehead atoms. The Labute approximate surface area is 140 Å². The number of anilines is 1. The van der Waals surface area contributed by atoms with Crippen LogP contribution in [0.1, 0.15) is 25.3 Å². The Hall–Kier alpha value is -2.44. The van der Waals surface area contributed by atoms with Crippen LogP contribution < -0.4 is 5.73 Å². The molecule has 0 aliphatic rings. The summed E-state index contributed by atoms with van der Waals surface area (Å²) in [6, 6.07) is 18.0. The molecule has 1 heterocycles. The van der Waals surface area contributed by atoms with E-state index in [0.29, 0.717) is 11.4 Å². The summed E-state index contributed by atoms with van der Waals surface area (Å²) in [5.41, 5.74) is 8.52. The van der Waals surface area contributed by atoms with Gasteiger partial charge in [-0.2, -0.15) is 5.26 Å². The number of aromatic nitrogens is 1. The van der Waals surface area contributed by atoms with Crippen molar-refractivity contribution in [3.05, 3.63) is 65.3 Å². The summed E-state index contributed by atoms with van der Waals surface area (Å²) in [6.07, 6.45) is 3.20. The molecule has 116 valence electrons. The smallest absolute Gasteiger partial charge is 0.0823 e. The number of nitrogen functional groups attached to an aromatic ring is 1. The third kappa shape index (κ3) is 2.46. The molecule has 0 amide bonds. The molecule has 23 heavy (non-hydrogen) atoms. The summed E-state index contributed by atoms with van der Waals surface area (Å²) in [5.74, 6) is 0. The van der Waals surface area contributed by atoms with E-state index in [0.717, 1.165) is 28.6 Å².